The summed E-state index contributed by atoms with van der Waals surface area (Å²) in [5.41, 5.74) is 5.62. The third-order valence-corrected chi connectivity index (χ3v) is 4.27. The summed E-state index contributed by atoms with van der Waals surface area (Å²) in [4.78, 5) is 3.13. The first kappa shape index (κ1) is 13.9. The van der Waals surface area contributed by atoms with Gasteiger partial charge in [-0.05, 0) is 32.7 Å². The first-order chi connectivity index (χ1) is 7.54. The topological polar surface area (TPSA) is 29.3 Å². The molecule has 0 bridgehead atoms. The molecule has 0 radical (unpaired) electrons. The van der Waals surface area contributed by atoms with Gasteiger partial charge in [0.25, 0.3) is 0 Å². The molecular formula is C13H26N2S. The Labute approximate surface area is 106 Å². The highest BCUT2D eigenvalue weighted by atomic mass is 32.1. The summed E-state index contributed by atoms with van der Waals surface area (Å²) in [5.74, 6) is 0.929. The zero-order valence-electron chi connectivity index (χ0n) is 10.9. The molecule has 0 spiro atoms. The van der Waals surface area contributed by atoms with Crippen LogP contribution >= 0.6 is 12.2 Å². The standard InChI is InChI=1S/C13H26N2S/c1-4-11-6-5-7-12(9-11)15(3)10(2)8-13(14)16/h10-12H,4-9H2,1-3H3,(H2,14,16). The van der Waals surface area contributed by atoms with E-state index in [2.05, 4.69) is 25.8 Å². The highest BCUT2D eigenvalue weighted by Crippen LogP contribution is 2.30. The fraction of sp³-hybridized carbons (Fsp3) is 0.923. The lowest BCUT2D eigenvalue weighted by molar-refractivity contribution is 0.123. The summed E-state index contributed by atoms with van der Waals surface area (Å²) in [5, 5.41) is 0. The molecule has 1 saturated carbocycles. The van der Waals surface area contributed by atoms with Gasteiger partial charge in [-0.2, -0.15) is 0 Å². The Bertz CT molecular complexity index is 230. The molecule has 1 rings (SSSR count). The van der Waals surface area contributed by atoms with Crippen molar-refractivity contribution in [2.75, 3.05) is 7.05 Å². The molecule has 1 aliphatic rings. The van der Waals surface area contributed by atoms with Gasteiger partial charge in [0.1, 0.15) is 0 Å². The van der Waals surface area contributed by atoms with Gasteiger partial charge < -0.3 is 10.6 Å². The maximum Gasteiger partial charge on any atom is 0.0742 e. The predicted octanol–water partition coefficient (Wildman–Crippen LogP) is 2.95. The quantitative estimate of drug-likeness (QED) is 0.752. The van der Waals surface area contributed by atoms with Crippen LogP contribution in [0.15, 0.2) is 0 Å². The molecule has 0 heterocycles. The maximum atomic E-state index is 5.62. The predicted molar refractivity (Wildman–Crippen MR) is 74.7 cm³/mol. The second kappa shape index (κ2) is 6.55. The molecule has 1 aliphatic carbocycles. The Morgan fingerprint density at radius 1 is 1.50 bits per heavy atom. The number of nitrogens with zero attached hydrogens (tertiary/aromatic N) is 1. The normalized spacial score (nSPS) is 28.0. The fourth-order valence-electron chi connectivity index (χ4n) is 2.80. The third-order valence-electron chi connectivity index (χ3n) is 4.10. The van der Waals surface area contributed by atoms with Crippen molar-refractivity contribution in [3.8, 4) is 0 Å². The number of nitrogens with two attached hydrogens (primary N) is 1. The Hall–Kier alpha value is -0.150. The van der Waals surface area contributed by atoms with Crippen molar-refractivity contribution >= 4 is 17.2 Å². The van der Waals surface area contributed by atoms with Gasteiger partial charge in [0.05, 0.1) is 4.99 Å². The fourth-order valence-corrected chi connectivity index (χ4v) is 3.04. The lowest BCUT2D eigenvalue weighted by Gasteiger charge is -2.38. The number of hydrogen-bond acceptors (Lipinski definition) is 2. The zero-order valence-corrected chi connectivity index (χ0v) is 11.7. The van der Waals surface area contributed by atoms with Crippen molar-refractivity contribution in [3.63, 3.8) is 0 Å². The van der Waals surface area contributed by atoms with Crippen LogP contribution in [0.3, 0.4) is 0 Å². The molecule has 0 aliphatic heterocycles. The van der Waals surface area contributed by atoms with Gasteiger partial charge in [-0.3, -0.25) is 0 Å². The lowest BCUT2D eigenvalue weighted by Crippen LogP contribution is -2.42. The summed E-state index contributed by atoms with van der Waals surface area (Å²) in [7, 11) is 2.23. The maximum absolute atomic E-state index is 5.62. The van der Waals surface area contributed by atoms with Crippen LogP contribution in [0.25, 0.3) is 0 Å². The Kier molecular flexibility index (Phi) is 5.70. The SMILES string of the molecule is CCC1CCCC(N(C)C(C)CC(N)=S)C1. The van der Waals surface area contributed by atoms with Crippen LogP contribution in [0.2, 0.25) is 0 Å². The van der Waals surface area contributed by atoms with E-state index in [9.17, 15) is 0 Å². The zero-order chi connectivity index (χ0) is 12.1. The second-order valence-electron chi connectivity index (χ2n) is 5.28. The molecule has 2 nitrogen and oxygen atoms in total. The van der Waals surface area contributed by atoms with Crippen molar-refractivity contribution in [3.05, 3.63) is 0 Å². The van der Waals surface area contributed by atoms with Crippen LogP contribution in [-0.4, -0.2) is 29.0 Å². The first-order valence-corrected chi connectivity index (χ1v) is 6.95. The molecule has 0 amide bonds. The van der Waals surface area contributed by atoms with E-state index in [0.29, 0.717) is 11.0 Å². The van der Waals surface area contributed by atoms with Crippen molar-refractivity contribution in [1.29, 1.82) is 0 Å². The van der Waals surface area contributed by atoms with E-state index in [4.69, 9.17) is 18.0 Å². The van der Waals surface area contributed by atoms with Gasteiger partial charge in [0.2, 0.25) is 0 Å². The summed E-state index contributed by atoms with van der Waals surface area (Å²) >= 11 is 4.99. The summed E-state index contributed by atoms with van der Waals surface area (Å²) in [6.07, 6.45) is 7.67. The van der Waals surface area contributed by atoms with E-state index in [1.54, 1.807) is 0 Å². The van der Waals surface area contributed by atoms with Crippen LogP contribution in [0.4, 0.5) is 0 Å². The summed E-state index contributed by atoms with van der Waals surface area (Å²) in [6.45, 7) is 4.54. The Morgan fingerprint density at radius 3 is 2.75 bits per heavy atom. The minimum absolute atomic E-state index is 0.484. The second-order valence-corrected chi connectivity index (χ2v) is 5.80. The molecular weight excluding hydrogens is 216 g/mol. The van der Waals surface area contributed by atoms with E-state index in [1.807, 2.05) is 0 Å². The average Bonchev–Trinajstić information content (AvgIpc) is 2.27. The van der Waals surface area contributed by atoms with Gasteiger partial charge in [0, 0.05) is 18.5 Å². The molecule has 1 fully saturated rings. The van der Waals surface area contributed by atoms with Gasteiger partial charge in [-0.1, -0.05) is 38.4 Å². The van der Waals surface area contributed by atoms with Crippen LogP contribution in [0.1, 0.15) is 52.4 Å². The van der Waals surface area contributed by atoms with E-state index in [0.717, 1.165) is 18.4 Å². The molecule has 3 atom stereocenters. The van der Waals surface area contributed by atoms with E-state index in [1.165, 1.54) is 32.1 Å². The van der Waals surface area contributed by atoms with Crippen molar-refractivity contribution in [1.82, 2.24) is 4.90 Å². The van der Waals surface area contributed by atoms with Crippen LogP contribution in [0.5, 0.6) is 0 Å². The molecule has 94 valence electrons. The van der Waals surface area contributed by atoms with Crippen molar-refractivity contribution < 1.29 is 0 Å². The summed E-state index contributed by atoms with van der Waals surface area (Å²) in [6, 6.07) is 1.22. The van der Waals surface area contributed by atoms with Crippen LogP contribution in [-0.2, 0) is 0 Å². The number of thiocarbonyl (C=S) groups is 1. The van der Waals surface area contributed by atoms with E-state index < -0.39 is 0 Å². The molecule has 0 aromatic rings. The molecule has 3 heteroatoms. The molecule has 16 heavy (non-hydrogen) atoms. The van der Waals surface area contributed by atoms with Crippen LogP contribution in [0, 0.1) is 5.92 Å². The van der Waals surface area contributed by atoms with Gasteiger partial charge in [-0.25, -0.2) is 0 Å². The first-order valence-electron chi connectivity index (χ1n) is 6.54. The highest BCUT2D eigenvalue weighted by molar-refractivity contribution is 7.80. The van der Waals surface area contributed by atoms with Gasteiger partial charge >= 0.3 is 0 Å². The third kappa shape index (κ3) is 4.02. The number of rotatable bonds is 5. The number of hydrogen-bond donors (Lipinski definition) is 1. The highest BCUT2D eigenvalue weighted by Gasteiger charge is 2.26. The Balaban J connectivity index is 2.45. The molecule has 0 aromatic heterocycles. The molecule has 0 aromatic carbocycles. The minimum atomic E-state index is 0.484. The van der Waals surface area contributed by atoms with Crippen molar-refractivity contribution in [2.24, 2.45) is 11.7 Å². The smallest absolute Gasteiger partial charge is 0.0742 e. The molecule has 0 saturated heterocycles. The summed E-state index contributed by atoms with van der Waals surface area (Å²) < 4.78 is 0. The lowest BCUT2D eigenvalue weighted by atomic mass is 9.83. The van der Waals surface area contributed by atoms with E-state index in [-0.39, 0.29) is 0 Å². The minimum Gasteiger partial charge on any atom is -0.393 e. The average molecular weight is 242 g/mol. The largest absolute Gasteiger partial charge is 0.393 e. The van der Waals surface area contributed by atoms with E-state index >= 15 is 0 Å². The van der Waals surface area contributed by atoms with Gasteiger partial charge in [0.15, 0.2) is 0 Å². The monoisotopic (exact) mass is 242 g/mol. The Morgan fingerprint density at radius 2 is 2.19 bits per heavy atom. The molecule has 2 N–H and O–H groups in total. The van der Waals surface area contributed by atoms with Crippen LogP contribution < -0.4 is 5.73 Å². The van der Waals surface area contributed by atoms with Crippen molar-refractivity contribution in [2.45, 2.75) is 64.5 Å². The van der Waals surface area contributed by atoms with Gasteiger partial charge in [-0.15, -0.1) is 0 Å². The molecule has 3 unspecified atom stereocenters.